The maximum absolute atomic E-state index is 11.2. The third-order valence-corrected chi connectivity index (χ3v) is 5.08. The third-order valence-electron chi connectivity index (χ3n) is 5.08. The van der Waals surface area contributed by atoms with Crippen LogP contribution in [0.1, 0.15) is 65.0 Å². The highest BCUT2D eigenvalue weighted by Gasteiger charge is 2.28. The fourth-order valence-corrected chi connectivity index (χ4v) is 3.70. The molecule has 1 unspecified atom stereocenters. The summed E-state index contributed by atoms with van der Waals surface area (Å²) in [6.45, 7) is 9.56. The lowest BCUT2D eigenvalue weighted by Gasteiger charge is -2.33. The lowest BCUT2D eigenvalue weighted by atomic mass is 9.84. The van der Waals surface area contributed by atoms with Crippen molar-refractivity contribution in [2.45, 2.75) is 65.5 Å². The second kappa shape index (κ2) is 9.81. The molecule has 146 valence electrons. The number of hydrogen-bond acceptors (Lipinski definition) is 4. The van der Waals surface area contributed by atoms with Gasteiger partial charge in [-0.2, -0.15) is 0 Å². The Labute approximate surface area is 157 Å². The highest BCUT2D eigenvalue weighted by Crippen LogP contribution is 2.34. The Morgan fingerprint density at radius 3 is 2.27 bits per heavy atom. The molecule has 1 aromatic rings. The van der Waals surface area contributed by atoms with Gasteiger partial charge in [0.1, 0.15) is 0 Å². The Bertz CT molecular complexity index is 579. The Morgan fingerprint density at radius 2 is 1.73 bits per heavy atom. The van der Waals surface area contributed by atoms with Gasteiger partial charge < -0.3 is 19.9 Å². The smallest absolute Gasteiger partial charge is 0.306 e. The molecule has 0 heterocycles. The van der Waals surface area contributed by atoms with E-state index in [4.69, 9.17) is 9.47 Å². The van der Waals surface area contributed by atoms with Gasteiger partial charge in [0.2, 0.25) is 0 Å². The Kier molecular flexibility index (Phi) is 7.76. The van der Waals surface area contributed by atoms with Gasteiger partial charge in [-0.05, 0) is 63.1 Å². The van der Waals surface area contributed by atoms with Crippen LogP contribution in [0.25, 0.3) is 0 Å². The number of benzene rings is 1. The maximum atomic E-state index is 11.2. The van der Waals surface area contributed by atoms with E-state index in [2.05, 4.69) is 31.3 Å². The zero-order chi connectivity index (χ0) is 19.1. The molecule has 5 nitrogen and oxygen atoms in total. The van der Waals surface area contributed by atoms with Crippen molar-refractivity contribution in [2.75, 3.05) is 13.2 Å². The number of rotatable bonds is 9. The van der Waals surface area contributed by atoms with Crippen LogP contribution in [0.15, 0.2) is 18.2 Å². The summed E-state index contributed by atoms with van der Waals surface area (Å²) < 4.78 is 11.4. The van der Waals surface area contributed by atoms with Crippen molar-refractivity contribution < 1.29 is 19.4 Å². The van der Waals surface area contributed by atoms with Crippen LogP contribution in [0.2, 0.25) is 0 Å². The summed E-state index contributed by atoms with van der Waals surface area (Å²) in [5.41, 5.74) is 1.19. The van der Waals surface area contributed by atoms with Crippen LogP contribution < -0.4 is 14.8 Å². The largest absolute Gasteiger partial charge is 0.490 e. The Morgan fingerprint density at radius 1 is 1.12 bits per heavy atom. The first-order chi connectivity index (χ1) is 12.5. The fourth-order valence-electron chi connectivity index (χ4n) is 3.70. The van der Waals surface area contributed by atoms with Gasteiger partial charge >= 0.3 is 5.97 Å². The standard InChI is InChI=1S/C21H33NO4/c1-5-25-18-12-9-16(13-19(18)26-6-2)20(14(3)4)22-17-10-7-15(8-11-17)21(23)24/h9,12-15,17,20,22H,5-8,10-11H2,1-4H3,(H,23,24). The van der Waals surface area contributed by atoms with Crippen LogP contribution in [0, 0.1) is 11.8 Å². The van der Waals surface area contributed by atoms with Gasteiger partial charge in [-0.3, -0.25) is 4.79 Å². The Hall–Kier alpha value is -1.75. The first-order valence-corrected chi connectivity index (χ1v) is 9.84. The van der Waals surface area contributed by atoms with Crippen molar-refractivity contribution in [1.82, 2.24) is 5.32 Å². The van der Waals surface area contributed by atoms with Gasteiger partial charge in [0, 0.05) is 12.1 Å². The van der Waals surface area contributed by atoms with Gasteiger partial charge in [0.15, 0.2) is 11.5 Å². The number of ether oxygens (including phenoxy) is 2. The van der Waals surface area contributed by atoms with Gasteiger partial charge in [0.25, 0.3) is 0 Å². The highest BCUT2D eigenvalue weighted by molar-refractivity contribution is 5.70. The van der Waals surface area contributed by atoms with Gasteiger partial charge in [-0.1, -0.05) is 19.9 Å². The van der Waals surface area contributed by atoms with E-state index in [1.807, 2.05) is 19.9 Å². The molecule has 2 N–H and O–H groups in total. The highest BCUT2D eigenvalue weighted by atomic mass is 16.5. The van der Waals surface area contributed by atoms with Crippen LogP contribution >= 0.6 is 0 Å². The van der Waals surface area contributed by atoms with Crippen LogP contribution in [-0.4, -0.2) is 30.3 Å². The van der Waals surface area contributed by atoms with E-state index in [0.717, 1.165) is 37.2 Å². The lowest BCUT2D eigenvalue weighted by molar-refractivity contribution is -0.142. The van der Waals surface area contributed by atoms with Gasteiger partial charge in [0.05, 0.1) is 19.1 Å². The van der Waals surface area contributed by atoms with Crippen molar-refractivity contribution in [3.63, 3.8) is 0 Å². The SMILES string of the molecule is CCOc1ccc(C(NC2CCC(C(=O)O)CC2)C(C)C)cc1OCC. The van der Waals surface area contributed by atoms with E-state index in [0.29, 0.717) is 25.2 Å². The second-order valence-corrected chi connectivity index (χ2v) is 7.35. The second-order valence-electron chi connectivity index (χ2n) is 7.35. The maximum Gasteiger partial charge on any atom is 0.306 e. The van der Waals surface area contributed by atoms with Crippen molar-refractivity contribution in [3.8, 4) is 11.5 Å². The lowest BCUT2D eigenvalue weighted by Crippen LogP contribution is -2.39. The number of aliphatic carboxylic acids is 1. The number of carboxylic acid groups (broad SMARTS) is 1. The molecule has 1 aliphatic rings. The van der Waals surface area contributed by atoms with E-state index in [1.54, 1.807) is 0 Å². The van der Waals surface area contributed by atoms with E-state index in [9.17, 15) is 9.90 Å². The molecule has 2 rings (SSSR count). The molecule has 0 spiro atoms. The minimum atomic E-state index is -0.656. The summed E-state index contributed by atoms with van der Waals surface area (Å²) in [6.07, 6.45) is 3.33. The van der Waals surface area contributed by atoms with Crippen molar-refractivity contribution in [3.05, 3.63) is 23.8 Å². The molecule has 1 aliphatic carbocycles. The molecule has 0 aliphatic heterocycles. The van der Waals surface area contributed by atoms with Crippen LogP contribution in [0.5, 0.6) is 11.5 Å². The summed E-state index contributed by atoms with van der Waals surface area (Å²) in [7, 11) is 0. The molecule has 5 heteroatoms. The molecule has 26 heavy (non-hydrogen) atoms. The molecule has 1 fully saturated rings. The molecule has 0 bridgehead atoms. The minimum Gasteiger partial charge on any atom is -0.490 e. The zero-order valence-electron chi connectivity index (χ0n) is 16.5. The molecule has 1 aromatic carbocycles. The number of carboxylic acids is 1. The molecule has 1 atom stereocenters. The van der Waals surface area contributed by atoms with E-state index < -0.39 is 5.97 Å². The Balaban J connectivity index is 2.11. The number of nitrogens with one attached hydrogen (secondary N) is 1. The average Bonchev–Trinajstić information content (AvgIpc) is 2.62. The predicted molar refractivity (Wildman–Crippen MR) is 103 cm³/mol. The number of hydrogen-bond donors (Lipinski definition) is 2. The molecular formula is C21H33NO4. The summed E-state index contributed by atoms with van der Waals surface area (Å²) in [5.74, 6) is 1.15. The van der Waals surface area contributed by atoms with Crippen molar-refractivity contribution in [2.24, 2.45) is 11.8 Å². The molecule has 0 amide bonds. The number of carbonyl (C=O) groups is 1. The zero-order valence-corrected chi connectivity index (χ0v) is 16.5. The molecule has 0 saturated heterocycles. The topological polar surface area (TPSA) is 67.8 Å². The summed E-state index contributed by atoms with van der Waals surface area (Å²) >= 11 is 0. The normalized spacial score (nSPS) is 21.4. The van der Waals surface area contributed by atoms with E-state index in [-0.39, 0.29) is 12.0 Å². The van der Waals surface area contributed by atoms with E-state index >= 15 is 0 Å². The monoisotopic (exact) mass is 363 g/mol. The summed E-state index contributed by atoms with van der Waals surface area (Å²) in [5, 5.41) is 12.9. The summed E-state index contributed by atoms with van der Waals surface area (Å²) in [6, 6.07) is 6.74. The molecule has 1 saturated carbocycles. The first-order valence-electron chi connectivity index (χ1n) is 9.84. The van der Waals surface area contributed by atoms with E-state index in [1.165, 1.54) is 5.56 Å². The molecule has 0 aromatic heterocycles. The third kappa shape index (κ3) is 5.37. The van der Waals surface area contributed by atoms with Gasteiger partial charge in [-0.25, -0.2) is 0 Å². The van der Waals surface area contributed by atoms with Crippen LogP contribution in [-0.2, 0) is 4.79 Å². The quantitative estimate of drug-likeness (QED) is 0.680. The molecule has 0 radical (unpaired) electrons. The molecular weight excluding hydrogens is 330 g/mol. The minimum absolute atomic E-state index is 0.180. The summed E-state index contributed by atoms with van der Waals surface area (Å²) in [4.78, 5) is 11.2. The van der Waals surface area contributed by atoms with Crippen LogP contribution in [0.3, 0.4) is 0 Å². The average molecular weight is 363 g/mol. The van der Waals surface area contributed by atoms with Crippen molar-refractivity contribution in [1.29, 1.82) is 0 Å². The van der Waals surface area contributed by atoms with Gasteiger partial charge in [-0.15, -0.1) is 0 Å². The fraction of sp³-hybridized carbons (Fsp3) is 0.667. The van der Waals surface area contributed by atoms with Crippen molar-refractivity contribution >= 4 is 5.97 Å². The predicted octanol–water partition coefficient (Wildman–Crippen LogP) is 4.41. The van der Waals surface area contributed by atoms with Crippen LogP contribution in [0.4, 0.5) is 0 Å². The first kappa shape index (κ1) is 20.6.